The maximum Gasteiger partial charge on any atom is 0.251 e. The molecule has 3 rings (SSSR count). The number of carbonyl (C=O) groups excluding carboxylic acids is 2. The van der Waals surface area contributed by atoms with E-state index >= 15 is 0 Å². The van der Waals surface area contributed by atoms with Crippen LogP contribution in [-0.4, -0.2) is 32.0 Å². The predicted octanol–water partition coefficient (Wildman–Crippen LogP) is 4.12. The second-order valence-electron chi connectivity index (χ2n) is 6.29. The molecule has 0 bridgehead atoms. The van der Waals surface area contributed by atoms with Crippen molar-refractivity contribution in [2.45, 2.75) is 0 Å². The molecule has 1 aromatic heterocycles. The predicted molar refractivity (Wildman–Crippen MR) is 117 cm³/mol. The maximum atomic E-state index is 13.9. The molecule has 0 aliphatic rings. The van der Waals surface area contributed by atoms with Crippen LogP contribution in [0, 0.1) is 5.82 Å². The highest BCUT2D eigenvalue weighted by Crippen LogP contribution is 2.30. The number of thiophene rings is 1. The second-order valence-corrected chi connectivity index (χ2v) is 7.41. The van der Waals surface area contributed by atoms with Crippen molar-refractivity contribution in [3.8, 4) is 16.2 Å². The van der Waals surface area contributed by atoms with Crippen molar-refractivity contribution < 1.29 is 18.7 Å². The van der Waals surface area contributed by atoms with Gasteiger partial charge >= 0.3 is 0 Å². The highest BCUT2D eigenvalue weighted by molar-refractivity contribution is 7.16. The zero-order chi connectivity index (χ0) is 21.3. The minimum Gasteiger partial charge on any atom is -0.497 e. The number of hydrogen-bond donors (Lipinski definition) is 2. The monoisotopic (exact) mass is 424 g/mol. The Morgan fingerprint density at radius 1 is 1.03 bits per heavy atom. The van der Waals surface area contributed by atoms with Gasteiger partial charge < -0.3 is 15.4 Å². The SMILES string of the molecule is COc1cccc(C(=O)NCCNC(=O)/C=C/c2ccc(-c3ccccc3F)s2)c1. The summed E-state index contributed by atoms with van der Waals surface area (Å²) in [6.07, 6.45) is 3.10. The minimum absolute atomic E-state index is 0.238. The van der Waals surface area contributed by atoms with Gasteiger partial charge in [-0.05, 0) is 42.5 Å². The number of halogens is 1. The lowest BCUT2D eigenvalue weighted by molar-refractivity contribution is -0.116. The normalized spacial score (nSPS) is 10.7. The summed E-state index contributed by atoms with van der Waals surface area (Å²) in [5, 5.41) is 5.45. The summed E-state index contributed by atoms with van der Waals surface area (Å²) < 4.78 is 19.0. The summed E-state index contributed by atoms with van der Waals surface area (Å²) in [4.78, 5) is 25.7. The van der Waals surface area contributed by atoms with Crippen LogP contribution in [0.25, 0.3) is 16.5 Å². The Morgan fingerprint density at radius 2 is 1.83 bits per heavy atom. The van der Waals surface area contributed by atoms with E-state index in [4.69, 9.17) is 4.74 Å². The first-order chi connectivity index (χ1) is 14.6. The van der Waals surface area contributed by atoms with E-state index in [-0.39, 0.29) is 17.6 Å². The van der Waals surface area contributed by atoms with Gasteiger partial charge in [0.2, 0.25) is 5.91 Å². The Morgan fingerprint density at radius 3 is 2.63 bits per heavy atom. The molecular formula is C23H21FN2O3S. The Hall–Kier alpha value is -3.45. The third-order valence-corrected chi connectivity index (χ3v) is 5.29. The molecule has 0 unspecified atom stereocenters. The fourth-order valence-electron chi connectivity index (χ4n) is 2.69. The van der Waals surface area contributed by atoms with Gasteiger partial charge in [-0.3, -0.25) is 9.59 Å². The highest BCUT2D eigenvalue weighted by atomic mass is 32.1. The number of carbonyl (C=O) groups is 2. The van der Waals surface area contributed by atoms with E-state index < -0.39 is 0 Å². The lowest BCUT2D eigenvalue weighted by Crippen LogP contribution is -2.33. The molecule has 7 heteroatoms. The molecule has 0 saturated carbocycles. The Labute approximate surface area is 178 Å². The van der Waals surface area contributed by atoms with E-state index in [0.29, 0.717) is 30.0 Å². The molecule has 3 aromatic rings. The van der Waals surface area contributed by atoms with E-state index in [1.807, 2.05) is 12.1 Å². The zero-order valence-electron chi connectivity index (χ0n) is 16.4. The smallest absolute Gasteiger partial charge is 0.251 e. The largest absolute Gasteiger partial charge is 0.497 e. The first-order valence-electron chi connectivity index (χ1n) is 9.30. The summed E-state index contributed by atoms with van der Waals surface area (Å²) in [6.45, 7) is 0.593. The molecule has 2 N–H and O–H groups in total. The summed E-state index contributed by atoms with van der Waals surface area (Å²) in [7, 11) is 1.54. The molecule has 30 heavy (non-hydrogen) atoms. The number of amides is 2. The molecule has 0 atom stereocenters. The first kappa shape index (κ1) is 21.3. The summed E-state index contributed by atoms with van der Waals surface area (Å²) in [5.74, 6) is -0.180. The van der Waals surface area contributed by atoms with E-state index in [2.05, 4.69) is 10.6 Å². The van der Waals surface area contributed by atoms with Crippen LogP contribution in [0.5, 0.6) is 5.75 Å². The van der Waals surface area contributed by atoms with Gasteiger partial charge in [0.25, 0.3) is 5.91 Å². The van der Waals surface area contributed by atoms with Gasteiger partial charge in [-0.15, -0.1) is 11.3 Å². The van der Waals surface area contributed by atoms with Gasteiger partial charge in [-0.25, -0.2) is 4.39 Å². The number of benzene rings is 2. The average molecular weight is 424 g/mol. The molecule has 1 heterocycles. The number of hydrogen-bond acceptors (Lipinski definition) is 4. The van der Waals surface area contributed by atoms with Gasteiger partial charge in [0.1, 0.15) is 11.6 Å². The van der Waals surface area contributed by atoms with Crippen molar-refractivity contribution >= 4 is 29.2 Å². The summed E-state index contributed by atoms with van der Waals surface area (Å²) in [6, 6.07) is 17.1. The van der Waals surface area contributed by atoms with Crippen LogP contribution in [0.1, 0.15) is 15.2 Å². The van der Waals surface area contributed by atoms with Crippen molar-refractivity contribution in [1.29, 1.82) is 0 Å². The lowest BCUT2D eigenvalue weighted by Gasteiger charge is -2.07. The highest BCUT2D eigenvalue weighted by Gasteiger charge is 2.07. The molecular weight excluding hydrogens is 403 g/mol. The molecule has 2 amide bonds. The van der Waals surface area contributed by atoms with Crippen LogP contribution >= 0.6 is 11.3 Å². The number of nitrogens with one attached hydrogen (secondary N) is 2. The first-order valence-corrected chi connectivity index (χ1v) is 10.1. The van der Waals surface area contributed by atoms with Crippen molar-refractivity contribution in [3.63, 3.8) is 0 Å². The van der Waals surface area contributed by atoms with Crippen LogP contribution < -0.4 is 15.4 Å². The van der Waals surface area contributed by atoms with Crippen LogP contribution in [0.3, 0.4) is 0 Å². The third-order valence-electron chi connectivity index (χ3n) is 4.21. The topological polar surface area (TPSA) is 67.4 Å². The van der Waals surface area contributed by atoms with Crippen LogP contribution in [0.4, 0.5) is 4.39 Å². The maximum absolute atomic E-state index is 13.9. The van der Waals surface area contributed by atoms with E-state index in [0.717, 1.165) is 9.75 Å². The molecule has 5 nitrogen and oxygen atoms in total. The quantitative estimate of drug-likeness (QED) is 0.422. The fourth-order valence-corrected chi connectivity index (χ4v) is 3.63. The molecule has 0 saturated heterocycles. The average Bonchev–Trinajstić information content (AvgIpc) is 3.24. The zero-order valence-corrected chi connectivity index (χ0v) is 17.2. The molecule has 2 aromatic carbocycles. The van der Waals surface area contributed by atoms with Crippen molar-refractivity contribution in [2.75, 3.05) is 20.2 Å². The minimum atomic E-state index is -0.274. The van der Waals surface area contributed by atoms with E-state index in [9.17, 15) is 14.0 Å². The Balaban J connectivity index is 1.44. The summed E-state index contributed by atoms with van der Waals surface area (Å²) >= 11 is 1.40. The molecule has 0 fully saturated rings. The van der Waals surface area contributed by atoms with Crippen LogP contribution in [-0.2, 0) is 4.79 Å². The Bertz CT molecular complexity index is 1060. The van der Waals surface area contributed by atoms with Crippen molar-refractivity contribution in [1.82, 2.24) is 10.6 Å². The van der Waals surface area contributed by atoms with Gasteiger partial charge in [-0.1, -0.05) is 24.3 Å². The molecule has 0 radical (unpaired) electrons. The summed E-state index contributed by atoms with van der Waals surface area (Å²) in [5.41, 5.74) is 1.03. The van der Waals surface area contributed by atoms with Crippen molar-refractivity contribution in [3.05, 3.63) is 83.0 Å². The number of ether oxygens (including phenoxy) is 1. The standard InChI is InChI=1S/C23H21FN2O3S/c1-29-17-6-4-5-16(15-17)23(28)26-14-13-25-22(27)12-10-18-9-11-21(30-18)19-7-2-3-8-20(19)24/h2-12,15H,13-14H2,1H3,(H,25,27)(H,26,28)/b12-10+. The molecule has 0 aliphatic carbocycles. The van der Waals surface area contributed by atoms with Gasteiger partial charge in [0, 0.05) is 40.0 Å². The number of rotatable bonds is 8. The van der Waals surface area contributed by atoms with Gasteiger partial charge in [0.15, 0.2) is 0 Å². The molecule has 0 spiro atoms. The van der Waals surface area contributed by atoms with E-state index in [1.54, 1.807) is 48.5 Å². The van der Waals surface area contributed by atoms with E-state index in [1.165, 1.54) is 30.6 Å². The second kappa shape index (κ2) is 10.4. The number of methoxy groups -OCH3 is 1. The van der Waals surface area contributed by atoms with Crippen LogP contribution in [0.2, 0.25) is 0 Å². The third kappa shape index (κ3) is 5.78. The van der Waals surface area contributed by atoms with Crippen molar-refractivity contribution in [2.24, 2.45) is 0 Å². The fraction of sp³-hybridized carbons (Fsp3) is 0.130. The van der Waals surface area contributed by atoms with Gasteiger partial charge in [0.05, 0.1) is 7.11 Å². The Kier molecular flexibility index (Phi) is 7.34. The molecule has 0 aliphatic heterocycles. The molecule has 154 valence electrons. The van der Waals surface area contributed by atoms with Crippen LogP contribution in [0.15, 0.2) is 66.7 Å². The lowest BCUT2D eigenvalue weighted by atomic mass is 10.2. The van der Waals surface area contributed by atoms with Gasteiger partial charge in [-0.2, -0.15) is 0 Å².